The van der Waals surface area contributed by atoms with Crippen LogP contribution < -0.4 is 0 Å². The van der Waals surface area contributed by atoms with Gasteiger partial charge in [0.25, 0.3) is 0 Å². The SMILES string of the molecule is B[C@H]1CC(OC)[C@@H](N=[N+]=[N-])O1. The van der Waals surface area contributed by atoms with Crippen LogP contribution in [0.1, 0.15) is 6.42 Å². The minimum absolute atomic E-state index is 0.0825. The van der Waals surface area contributed by atoms with E-state index >= 15 is 0 Å². The monoisotopic (exact) mass is 155 g/mol. The average Bonchev–Trinajstić information content (AvgIpc) is 2.32. The zero-order valence-electron chi connectivity index (χ0n) is 6.60. The summed E-state index contributed by atoms with van der Waals surface area (Å²) >= 11 is 0. The molecule has 0 aromatic heterocycles. The molecule has 0 bridgehead atoms. The fraction of sp³-hybridized carbons (Fsp3) is 1.00. The molecule has 3 atom stereocenters. The summed E-state index contributed by atoms with van der Waals surface area (Å²) in [5.74, 6) is 0. The number of azide groups is 1. The molecule has 1 saturated heterocycles. The van der Waals surface area contributed by atoms with Gasteiger partial charge >= 0.3 is 0 Å². The van der Waals surface area contributed by atoms with Gasteiger partial charge in [-0.2, -0.15) is 0 Å². The van der Waals surface area contributed by atoms with Crippen molar-refractivity contribution in [3.8, 4) is 0 Å². The Morgan fingerprint density at radius 2 is 2.55 bits per heavy atom. The van der Waals surface area contributed by atoms with Crippen LogP contribution in [0.2, 0.25) is 0 Å². The first-order chi connectivity index (χ1) is 5.27. The van der Waals surface area contributed by atoms with Crippen LogP contribution in [-0.4, -0.2) is 33.3 Å². The van der Waals surface area contributed by atoms with E-state index < -0.39 is 6.23 Å². The van der Waals surface area contributed by atoms with Gasteiger partial charge in [-0.3, -0.25) is 0 Å². The Balaban J connectivity index is 2.56. The quantitative estimate of drug-likeness (QED) is 0.244. The standard InChI is InChI=1S/C5H10BN3O2/c1-10-3-2-4(6)11-5(3)8-9-7/h3-5H,2,6H2,1H3/t3?,4-,5+/m1/s1. The molecule has 1 heterocycles. The van der Waals surface area contributed by atoms with Gasteiger partial charge in [-0.25, -0.2) is 0 Å². The van der Waals surface area contributed by atoms with Gasteiger partial charge < -0.3 is 9.47 Å². The second-order valence-electron chi connectivity index (χ2n) is 2.55. The lowest BCUT2D eigenvalue weighted by molar-refractivity contribution is 0.0143. The zero-order valence-corrected chi connectivity index (χ0v) is 6.60. The molecule has 0 aromatic carbocycles. The Bertz CT molecular complexity index is 183. The Morgan fingerprint density at radius 3 is 3.09 bits per heavy atom. The van der Waals surface area contributed by atoms with Crippen molar-refractivity contribution >= 4 is 7.85 Å². The summed E-state index contributed by atoms with van der Waals surface area (Å²) < 4.78 is 10.3. The summed E-state index contributed by atoms with van der Waals surface area (Å²) in [6.45, 7) is 0. The summed E-state index contributed by atoms with van der Waals surface area (Å²) in [6.07, 6.45) is 0.265. The van der Waals surface area contributed by atoms with E-state index in [0.29, 0.717) is 0 Å². The zero-order chi connectivity index (χ0) is 8.27. The minimum Gasteiger partial charge on any atom is -0.379 e. The summed E-state index contributed by atoms with van der Waals surface area (Å²) in [5, 5.41) is 3.46. The van der Waals surface area contributed by atoms with E-state index in [1.165, 1.54) is 0 Å². The molecule has 0 saturated carbocycles. The van der Waals surface area contributed by atoms with Crippen molar-refractivity contribution in [3.63, 3.8) is 0 Å². The first-order valence-electron chi connectivity index (χ1n) is 3.50. The molecule has 1 aliphatic heterocycles. The number of hydrogen-bond donors (Lipinski definition) is 0. The lowest BCUT2D eigenvalue weighted by Gasteiger charge is -2.09. The molecule has 0 aliphatic carbocycles. The Hall–Kier alpha value is -0.705. The molecule has 1 unspecified atom stereocenters. The molecule has 6 heteroatoms. The van der Waals surface area contributed by atoms with Crippen LogP contribution in [0.25, 0.3) is 10.4 Å². The smallest absolute Gasteiger partial charge is 0.161 e. The van der Waals surface area contributed by atoms with Gasteiger partial charge in [0, 0.05) is 18.0 Å². The molecule has 5 nitrogen and oxygen atoms in total. The van der Waals surface area contributed by atoms with Crippen molar-refractivity contribution < 1.29 is 9.47 Å². The number of methoxy groups -OCH3 is 1. The molecule has 0 radical (unpaired) electrons. The van der Waals surface area contributed by atoms with E-state index in [4.69, 9.17) is 15.0 Å². The Labute approximate surface area is 65.7 Å². The molecule has 60 valence electrons. The Kier molecular flexibility index (Phi) is 2.76. The molecule has 1 fully saturated rings. The topological polar surface area (TPSA) is 67.2 Å². The molecule has 0 amide bonds. The second-order valence-corrected chi connectivity index (χ2v) is 2.55. The molecule has 0 spiro atoms. The van der Waals surface area contributed by atoms with Crippen molar-refractivity contribution in [1.29, 1.82) is 0 Å². The summed E-state index contributed by atoms with van der Waals surface area (Å²) in [6, 6.07) is 0.121. The van der Waals surface area contributed by atoms with Crippen LogP contribution in [0, 0.1) is 0 Å². The number of ether oxygens (including phenoxy) is 2. The number of nitrogens with zero attached hydrogens (tertiary/aromatic N) is 3. The maximum absolute atomic E-state index is 8.15. The molecular formula is C5H10BN3O2. The fourth-order valence-corrected chi connectivity index (χ4v) is 1.19. The molecule has 0 N–H and O–H groups in total. The minimum atomic E-state index is -0.444. The third-order valence-corrected chi connectivity index (χ3v) is 1.72. The maximum Gasteiger partial charge on any atom is 0.161 e. The van der Waals surface area contributed by atoms with Gasteiger partial charge in [0.05, 0.1) is 6.10 Å². The summed E-state index contributed by atoms with van der Waals surface area (Å²) in [7, 11) is 3.52. The number of rotatable bonds is 2. The van der Waals surface area contributed by atoms with E-state index in [0.717, 1.165) is 6.42 Å². The highest BCUT2D eigenvalue weighted by atomic mass is 16.6. The van der Waals surface area contributed by atoms with Gasteiger partial charge in [-0.1, -0.05) is 5.11 Å². The van der Waals surface area contributed by atoms with Gasteiger partial charge in [-0.05, 0) is 12.0 Å². The normalized spacial score (nSPS) is 36.6. The van der Waals surface area contributed by atoms with Crippen LogP contribution in [0.5, 0.6) is 0 Å². The highest BCUT2D eigenvalue weighted by Gasteiger charge is 2.31. The largest absolute Gasteiger partial charge is 0.379 e. The average molecular weight is 155 g/mol. The van der Waals surface area contributed by atoms with Crippen molar-refractivity contribution in [2.45, 2.75) is 24.8 Å². The van der Waals surface area contributed by atoms with Crippen molar-refractivity contribution in [2.24, 2.45) is 5.11 Å². The van der Waals surface area contributed by atoms with Crippen LogP contribution in [0.15, 0.2) is 5.11 Å². The highest BCUT2D eigenvalue weighted by molar-refractivity contribution is 6.11. The third kappa shape index (κ3) is 1.86. The van der Waals surface area contributed by atoms with Gasteiger partial charge in [0.15, 0.2) is 6.23 Å². The first kappa shape index (κ1) is 8.39. The van der Waals surface area contributed by atoms with Crippen LogP contribution in [0.3, 0.4) is 0 Å². The lowest BCUT2D eigenvalue weighted by atomic mass is 9.96. The highest BCUT2D eigenvalue weighted by Crippen LogP contribution is 2.21. The van der Waals surface area contributed by atoms with Gasteiger partial charge in [0.1, 0.15) is 7.85 Å². The summed E-state index contributed by atoms with van der Waals surface area (Å²) in [4.78, 5) is 2.67. The van der Waals surface area contributed by atoms with Crippen LogP contribution >= 0.6 is 0 Å². The van der Waals surface area contributed by atoms with E-state index in [1.807, 2.05) is 7.85 Å². The van der Waals surface area contributed by atoms with Crippen molar-refractivity contribution in [1.82, 2.24) is 0 Å². The van der Waals surface area contributed by atoms with Crippen molar-refractivity contribution in [2.75, 3.05) is 7.11 Å². The lowest BCUT2D eigenvalue weighted by Crippen LogP contribution is -2.19. The second kappa shape index (κ2) is 3.62. The Morgan fingerprint density at radius 1 is 1.82 bits per heavy atom. The number of hydrogen-bond acceptors (Lipinski definition) is 3. The first-order valence-corrected chi connectivity index (χ1v) is 3.50. The van der Waals surface area contributed by atoms with Crippen LogP contribution in [0.4, 0.5) is 0 Å². The van der Waals surface area contributed by atoms with E-state index in [9.17, 15) is 0 Å². The molecule has 0 aromatic rings. The predicted molar refractivity (Wildman–Crippen MR) is 41.8 cm³/mol. The summed E-state index contributed by atoms with van der Waals surface area (Å²) in [5.41, 5.74) is 8.15. The van der Waals surface area contributed by atoms with E-state index in [-0.39, 0.29) is 12.1 Å². The molecular weight excluding hydrogens is 145 g/mol. The van der Waals surface area contributed by atoms with E-state index in [2.05, 4.69) is 10.0 Å². The molecule has 1 rings (SSSR count). The van der Waals surface area contributed by atoms with E-state index in [1.54, 1.807) is 7.11 Å². The van der Waals surface area contributed by atoms with Gasteiger partial charge in [-0.15, -0.1) is 0 Å². The van der Waals surface area contributed by atoms with Crippen LogP contribution in [-0.2, 0) is 9.47 Å². The molecule has 11 heavy (non-hydrogen) atoms. The molecule has 1 aliphatic rings. The van der Waals surface area contributed by atoms with Gasteiger partial charge in [0.2, 0.25) is 0 Å². The third-order valence-electron chi connectivity index (χ3n) is 1.72. The fourth-order valence-electron chi connectivity index (χ4n) is 1.19. The van der Waals surface area contributed by atoms with Crippen molar-refractivity contribution in [3.05, 3.63) is 10.4 Å². The predicted octanol–water partition coefficient (Wildman–Crippen LogP) is 0.0173. The maximum atomic E-state index is 8.15.